The number of aromatic nitrogens is 2. The van der Waals surface area contributed by atoms with Gasteiger partial charge in [0.1, 0.15) is 0 Å². The third-order valence-electron chi connectivity index (χ3n) is 2.90. The first-order chi connectivity index (χ1) is 7.80. The summed E-state index contributed by atoms with van der Waals surface area (Å²) in [6.07, 6.45) is 3.10. The lowest BCUT2D eigenvalue weighted by Gasteiger charge is -2.32. The van der Waals surface area contributed by atoms with Gasteiger partial charge in [-0.2, -0.15) is 5.10 Å². The molecule has 0 atom stereocenters. The summed E-state index contributed by atoms with van der Waals surface area (Å²) in [5, 5.41) is 13.8. The fraction of sp³-hybridized carbons (Fsp3) is 0.667. The van der Waals surface area contributed by atoms with E-state index < -0.39 is 11.6 Å². The maximum Gasteiger partial charge on any atom is 0.412 e. The van der Waals surface area contributed by atoms with Crippen molar-refractivity contribution in [2.75, 3.05) is 4.90 Å². The average Bonchev–Trinajstić information content (AvgIpc) is 2.89. The Morgan fingerprint density at radius 2 is 2.12 bits per heavy atom. The van der Waals surface area contributed by atoms with Crippen LogP contribution in [0.2, 0.25) is 0 Å². The number of hydrogen-bond acceptors (Lipinski definition) is 2. The standard InChI is InChI=1S/C12H19N3O2/c1-12(2,3)15(11(16)17)9-7-14(4)13-10(9)8-5-6-8/h7-8H,5-6H2,1-4H3,(H,16,17). The van der Waals surface area contributed by atoms with E-state index in [2.05, 4.69) is 5.10 Å². The number of aryl methyl sites for hydroxylation is 1. The van der Waals surface area contributed by atoms with Crippen LogP contribution in [0.25, 0.3) is 0 Å². The molecule has 0 radical (unpaired) electrons. The van der Waals surface area contributed by atoms with Gasteiger partial charge in [0, 0.05) is 24.7 Å². The Hall–Kier alpha value is -1.52. The number of rotatable bonds is 2. The third kappa shape index (κ3) is 2.28. The number of amides is 1. The van der Waals surface area contributed by atoms with Crippen molar-refractivity contribution in [3.05, 3.63) is 11.9 Å². The van der Waals surface area contributed by atoms with E-state index in [1.54, 1.807) is 10.9 Å². The second kappa shape index (κ2) is 3.75. The van der Waals surface area contributed by atoms with Gasteiger partial charge in [-0.3, -0.25) is 9.58 Å². The van der Waals surface area contributed by atoms with Gasteiger partial charge in [0.15, 0.2) is 0 Å². The maximum absolute atomic E-state index is 11.4. The lowest BCUT2D eigenvalue weighted by molar-refractivity contribution is 0.195. The van der Waals surface area contributed by atoms with Crippen molar-refractivity contribution < 1.29 is 9.90 Å². The topological polar surface area (TPSA) is 58.4 Å². The predicted octanol–water partition coefficient (Wildman–Crippen LogP) is 2.58. The molecule has 0 bridgehead atoms. The highest BCUT2D eigenvalue weighted by molar-refractivity contribution is 5.88. The Morgan fingerprint density at radius 1 is 1.53 bits per heavy atom. The van der Waals surface area contributed by atoms with Crippen molar-refractivity contribution >= 4 is 11.8 Å². The zero-order chi connectivity index (χ0) is 12.8. The zero-order valence-electron chi connectivity index (χ0n) is 10.8. The first kappa shape index (κ1) is 12.0. The average molecular weight is 237 g/mol. The summed E-state index contributed by atoms with van der Waals surface area (Å²) >= 11 is 0. The molecule has 0 aliphatic heterocycles. The molecule has 1 aliphatic rings. The van der Waals surface area contributed by atoms with Gasteiger partial charge >= 0.3 is 6.09 Å². The van der Waals surface area contributed by atoms with Gasteiger partial charge in [-0.25, -0.2) is 4.79 Å². The van der Waals surface area contributed by atoms with E-state index in [0.717, 1.165) is 24.2 Å². The Kier molecular flexibility index (Phi) is 2.64. The van der Waals surface area contributed by atoms with E-state index in [0.29, 0.717) is 5.92 Å². The Bertz CT molecular complexity index is 441. The van der Waals surface area contributed by atoms with E-state index in [9.17, 15) is 9.90 Å². The van der Waals surface area contributed by atoms with Crippen LogP contribution < -0.4 is 4.90 Å². The fourth-order valence-electron chi connectivity index (χ4n) is 2.06. The van der Waals surface area contributed by atoms with Gasteiger partial charge in [0.05, 0.1) is 11.4 Å². The summed E-state index contributed by atoms with van der Waals surface area (Å²) < 4.78 is 1.70. The number of carboxylic acid groups (broad SMARTS) is 1. The van der Waals surface area contributed by atoms with Gasteiger partial charge in [-0.05, 0) is 33.6 Å². The molecule has 0 saturated heterocycles. The van der Waals surface area contributed by atoms with Crippen LogP contribution >= 0.6 is 0 Å². The van der Waals surface area contributed by atoms with E-state index in [4.69, 9.17) is 0 Å². The molecule has 0 aromatic carbocycles. The summed E-state index contributed by atoms with van der Waals surface area (Å²) in [6.45, 7) is 5.68. The predicted molar refractivity (Wildman–Crippen MR) is 65.4 cm³/mol. The highest BCUT2D eigenvalue weighted by Gasteiger charge is 2.36. The molecular weight excluding hydrogens is 218 g/mol. The summed E-state index contributed by atoms with van der Waals surface area (Å²) in [4.78, 5) is 12.9. The van der Waals surface area contributed by atoms with Gasteiger partial charge in [-0.15, -0.1) is 0 Å². The molecule has 0 unspecified atom stereocenters. The van der Waals surface area contributed by atoms with Crippen LogP contribution in [-0.2, 0) is 7.05 Å². The molecule has 0 spiro atoms. The minimum absolute atomic E-state index is 0.440. The van der Waals surface area contributed by atoms with Crippen molar-refractivity contribution in [1.29, 1.82) is 0 Å². The Morgan fingerprint density at radius 3 is 2.53 bits per heavy atom. The van der Waals surface area contributed by atoms with Crippen molar-refractivity contribution in [1.82, 2.24) is 9.78 Å². The molecule has 1 heterocycles. The smallest absolute Gasteiger partial charge is 0.412 e. The molecule has 1 amide bonds. The molecule has 2 rings (SSSR count). The maximum atomic E-state index is 11.4. The molecule has 17 heavy (non-hydrogen) atoms. The lowest BCUT2D eigenvalue weighted by Crippen LogP contribution is -2.45. The van der Waals surface area contributed by atoms with Crippen LogP contribution in [-0.4, -0.2) is 26.5 Å². The second-order valence-corrected chi connectivity index (χ2v) is 5.64. The molecule has 1 N–H and O–H groups in total. The molecule has 5 nitrogen and oxygen atoms in total. The number of nitrogens with zero attached hydrogens (tertiary/aromatic N) is 3. The monoisotopic (exact) mass is 237 g/mol. The number of carbonyl (C=O) groups is 1. The molecule has 5 heteroatoms. The fourth-order valence-corrected chi connectivity index (χ4v) is 2.06. The largest absolute Gasteiger partial charge is 0.465 e. The molecule has 1 aromatic rings. The second-order valence-electron chi connectivity index (χ2n) is 5.64. The van der Waals surface area contributed by atoms with E-state index in [-0.39, 0.29) is 0 Å². The van der Waals surface area contributed by atoms with Gasteiger partial charge in [0.2, 0.25) is 0 Å². The summed E-state index contributed by atoms with van der Waals surface area (Å²) in [5.74, 6) is 0.440. The first-order valence-electron chi connectivity index (χ1n) is 5.87. The molecule has 1 aromatic heterocycles. The quantitative estimate of drug-likeness (QED) is 0.860. The molecular formula is C12H19N3O2. The van der Waals surface area contributed by atoms with Crippen LogP contribution in [0.3, 0.4) is 0 Å². The number of hydrogen-bond donors (Lipinski definition) is 1. The minimum Gasteiger partial charge on any atom is -0.465 e. The van der Waals surface area contributed by atoms with E-state index in [1.807, 2.05) is 27.8 Å². The number of anilines is 1. The van der Waals surface area contributed by atoms with Crippen LogP contribution in [0.4, 0.5) is 10.5 Å². The SMILES string of the molecule is Cn1cc(N(C(=O)O)C(C)(C)C)c(C2CC2)n1. The van der Waals surface area contributed by atoms with Crippen molar-refractivity contribution in [2.24, 2.45) is 7.05 Å². The Labute approximate surface area is 101 Å². The van der Waals surface area contributed by atoms with Gasteiger partial charge in [-0.1, -0.05) is 0 Å². The van der Waals surface area contributed by atoms with Crippen molar-refractivity contribution in [3.8, 4) is 0 Å². The third-order valence-corrected chi connectivity index (χ3v) is 2.90. The highest BCUT2D eigenvalue weighted by atomic mass is 16.4. The summed E-state index contributed by atoms with van der Waals surface area (Å²) in [6, 6.07) is 0. The van der Waals surface area contributed by atoms with Crippen LogP contribution in [0.5, 0.6) is 0 Å². The van der Waals surface area contributed by atoms with Crippen molar-refractivity contribution in [3.63, 3.8) is 0 Å². The Balaban J connectivity index is 2.45. The van der Waals surface area contributed by atoms with Crippen LogP contribution in [0, 0.1) is 0 Å². The molecule has 1 fully saturated rings. The molecule has 1 aliphatic carbocycles. The summed E-state index contributed by atoms with van der Waals surface area (Å²) in [5.41, 5.74) is 1.19. The van der Waals surface area contributed by atoms with Crippen LogP contribution in [0.15, 0.2) is 6.20 Å². The normalized spacial score (nSPS) is 16.0. The highest BCUT2D eigenvalue weighted by Crippen LogP contribution is 2.44. The summed E-state index contributed by atoms with van der Waals surface area (Å²) in [7, 11) is 1.83. The van der Waals surface area contributed by atoms with Crippen molar-refractivity contribution in [2.45, 2.75) is 45.1 Å². The van der Waals surface area contributed by atoms with E-state index >= 15 is 0 Å². The first-order valence-corrected chi connectivity index (χ1v) is 5.87. The molecule has 1 saturated carbocycles. The molecule has 94 valence electrons. The van der Waals surface area contributed by atoms with Crippen LogP contribution in [0.1, 0.15) is 45.2 Å². The van der Waals surface area contributed by atoms with E-state index in [1.165, 1.54) is 4.90 Å². The zero-order valence-corrected chi connectivity index (χ0v) is 10.8. The van der Waals surface area contributed by atoms with Gasteiger partial charge in [0.25, 0.3) is 0 Å². The van der Waals surface area contributed by atoms with Gasteiger partial charge < -0.3 is 5.11 Å². The lowest BCUT2D eigenvalue weighted by atomic mass is 10.1. The minimum atomic E-state index is -0.924.